The Morgan fingerprint density at radius 2 is 1.39 bits per heavy atom. The molecule has 0 unspecified atom stereocenters. The number of rotatable bonds is 10. The number of nitrogens with zero attached hydrogens (tertiary/aromatic N) is 4. The van der Waals surface area contributed by atoms with E-state index in [1.54, 1.807) is 67.1 Å². The Bertz CT molecular complexity index is 1720. The number of amides is 1. The number of carbonyl (C=O) groups is 1. The first-order valence-electron chi connectivity index (χ1n) is 13.0. The van der Waals surface area contributed by atoms with Gasteiger partial charge in [0.25, 0.3) is 5.91 Å². The smallest absolute Gasteiger partial charge is 0.271 e. The zero-order valence-electron chi connectivity index (χ0n) is 22.5. The van der Waals surface area contributed by atoms with E-state index in [2.05, 4.69) is 15.5 Å². The highest BCUT2D eigenvalue weighted by atomic mass is 32.2. The maximum Gasteiger partial charge on any atom is 0.271 e. The normalized spacial score (nSPS) is 11.9. The van der Waals surface area contributed by atoms with Gasteiger partial charge in [0.1, 0.15) is 0 Å². The molecule has 5 rings (SSSR count). The molecule has 1 amide bonds. The number of imidazole rings is 1. The van der Waals surface area contributed by atoms with Crippen LogP contribution in [0.3, 0.4) is 0 Å². The molecule has 5 aromatic rings. The molecule has 1 heterocycles. The summed E-state index contributed by atoms with van der Waals surface area (Å²) in [4.78, 5) is 17.1. The van der Waals surface area contributed by atoms with Gasteiger partial charge in [0.15, 0.2) is 0 Å². The number of hydrogen-bond donors (Lipinski definition) is 1. The van der Waals surface area contributed by atoms with Gasteiger partial charge < -0.3 is 4.57 Å². The molecule has 0 aliphatic heterocycles. The number of benzene rings is 4. The maximum atomic E-state index is 13.5. The fourth-order valence-electron chi connectivity index (χ4n) is 4.27. The molecule has 0 fully saturated rings. The Balaban J connectivity index is 1.27. The molecule has 0 saturated carbocycles. The number of aromatic nitrogens is 2. The van der Waals surface area contributed by atoms with Gasteiger partial charge in [-0.05, 0) is 60.0 Å². The van der Waals surface area contributed by atoms with Crippen LogP contribution in [0.25, 0.3) is 5.69 Å². The lowest BCUT2D eigenvalue weighted by Crippen LogP contribution is -2.30. The van der Waals surface area contributed by atoms with Crippen LogP contribution in [-0.4, -0.2) is 33.9 Å². The minimum atomic E-state index is -3.75. The monoisotopic (exact) mass is 563 g/mol. The molecule has 0 saturated heterocycles. The van der Waals surface area contributed by atoms with Crippen molar-refractivity contribution in [1.29, 1.82) is 0 Å². The van der Waals surface area contributed by atoms with Crippen molar-refractivity contribution < 1.29 is 13.2 Å². The van der Waals surface area contributed by atoms with Gasteiger partial charge in [0.2, 0.25) is 10.0 Å². The standard InChI is InChI=1S/C32H29N5O3S/c1-25(28-16-18-30(19-17-28)36-21-20-33-24-36)34-35-32(38)29-14-12-27(13-15-29)23-37(22-26-8-4-2-5-9-26)41(39,40)31-10-6-3-7-11-31/h2-21,24H,22-23H2,1H3,(H,35,38)/b34-25-. The highest BCUT2D eigenvalue weighted by Crippen LogP contribution is 2.21. The summed E-state index contributed by atoms with van der Waals surface area (Å²) in [5.41, 5.74) is 7.18. The highest BCUT2D eigenvalue weighted by molar-refractivity contribution is 7.89. The summed E-state index contributed by atoms with van der Waals surface area (Å²) >= 11 is 0. The molecule has 0 spiro atoms. The minimum Gasteiger partial charge on any atom is -0.306 e. The van der Waals surface area contributed by atoms with Crippen molar-refractivity contribution in [3.8, 4) is 5.69 Å². The third kappa shape index (κ3) is 6.84. The maximum absolute atomic E-state index is 13.5. The Kier molecular flexibility index (Phi) is 8.47. The summed E-state index contributed by atoms with van der Waals surface area (Å²) in [5, 5.41) is 4.26. The minimum absolute atomic E-state index is 0.153. The van der Waals surface area contributed by atoms with Gasteiger partial charge in [-0.3, -0.25) is 4.79 Å². The Labute approximate surface area is 239 Å². The van der Waals surface area contributed by atoms with Gasteiger partial charge in [-0.15, -0.1) is 0 Å². The van der Waals surface area contributed by atoms with Crippen LogP contribution in [0.1, 0.15) is 34.0 Å². The summed E-state index contributed by atoms with van der Waals surface area (Å²) in [7, 11) is -3.75. The van der Waals surface area contributed by atoms with Crippen LogP contribution in [0.15, 0.2) is 138 Å². The third-order valence-electron chi connectivity index (χ3n) is 6.57. The number of hydrogen-bond acceptors (Lipinski definition) is 5. The first-order valence-corrected chi connectivity index (χ1v) is 14.5. The van der Waals surface area contributed by atoms with Crippen molar-refractivity contribution in [2.24, 2.45) is 5.10 Å². The van der Waals surface area contributed by atoms with Gasteiger partial charge in [0, 0.05) is 36.7 Å². The fraction of sp³-hybridized carbons (Fsp3) is 0.0938. The van der Waals surface area contributed by atoms with Gasteiger partial charge in [-0.1, -0.05) is 72.8 Å². The van der Waals surface area contributed by atoms with Crippen LogP contribution >= 0.6 is 0 Å². The lowest BCUT2D eigenvalue weighted by molar-refractivity contribution is 0.0954. The van der Waals surface area contributed by atoms with Crippen LogP contribution in [0.2, 0.25) is 0 Å². The molecule has 0 bridgehead atoms. The molecule has 9 heteroatoms. The SMILES string of the molecule is C/C(=N/NC(=O)c1ccc(CN(Cc2ccccc2)S(=O)(=O)c2ccccc2)cc1)c1ccc(-n2ccnc2)cc1. The molecule has 8 nitrogen and oxygen atoms in total. The van der Waals surface area contributed by atoms with E-state index in [1.165, 1.54) is 4.31 Å². The van der Waals surface area contributed by atoms with E-state index < -0.39 is 10.0 Å². The topological polar surface area (TPSA) is 96.7 Å². The zero-order valence-corrected chi connectivity index (χ0v) is 23.3. The molecule has 0 aliphatic carbocycles. The summed E-state index contributed by atoms with van der Waals surface area (Å²) < 4.78 is 30.4. The largest absolute Gasteiger partial charge is 0.306 e. The Morgan fingerprint density at radius 3 is 2.00 bits per heavy atom. The van der Waals surface area contributed by atoms with Crippen molar-refractivity contribution in [2.45, 2.75) is 24.9 Å². The van der Waals surface area contributed by atoms with E-state index in [-0.39, 0.29) is 23.9 Å². The number of sulfonamides is 1. The second-order valence-corrected chi connectivity index (χ2v) is 11.4. The van der Waals surface area contributed by atoms with Gasteiger partial charge in [0.05, 0.1) is 16.9 Å². The Morgan fingerprint density at radius 1 is 0.805 bits per heavy atom. The molecule has 0 aliphatic rings. The van der Waals surface area contributed by atoms with E-state index in [1.807, 2.05) is 72.3 Å². The summed E-state index contributed by atoms with van der Waals surface area (Å²) in [5.74, 6) is -0.357. The quantitative estimate of drug-likeness (QED) is 0.181. The van der Waals surface area contributed by atoms with Crippen molar-refractivity contribution in [3.63, 3.8) is 0 Å². The first-order chi connectivity index (χ1) is 19.9. The van der Waals surface area contributed by atoms with E-state index in [0.29, 0.717) is 11.3 Å². The molecule has 0 atom stereocenters. The third-order valence-corrected chi connectivity index (χ3v) is 8.38. The van der Waals surface area contributed by atoms with Crippen LogP contribution in [0.5, 0.6) is 0 Å². The van der Waals surface area contributed by atoms with Gasteiger partial charge in [-0.2, -0.15) is 9.41 Å². The number of hydrazone groups is 1. The van der Waals surface area contributed by atoms with E-state index >= 15 is 0 Å². The van der Waals surface area contributed by atoms with Crippen molar-refractivity contribution in [3.05, 3.63) is 150 Å². The fourth-order valence-corrected chi connectivity index (χ4v) is 5.71. The predicted molar refractivity (Wildman–Crippen MR) is 159 cm³/mol. The zero-order chi connectivity index (χ0) is 28.7. The van der Waals surface area contributed by atoms with Gasteiger partial charge in [-0.25, -0.2) is 18.8 Å². The molecule has 1 N–H and O–H groups in total. The first kappa shape index (κ1) is 27.7. The molecular weight excluding hydrogens is 534 g/mol. The molecule has 1 aromatic heterocycles. The predicted octanol–water partition coefficient (Wildman–Crippen LogP) is 5.42. The molecule has 206 valence electrons. The van der Waals surface area contributed by atoms with Crippen LogP contribution in [-0.2, 0) is 23.1 Å². The van der Waals surface area contributed by atoms with Crippen LogP contribution in [0, 0.1) is 0 Å². The summed E-state index contributed by atoms with van der Waals surface area (Å²) in [6, 6.07) is 32.5. The van der Waals surface area contributed by atoms with E-state index in [4.69, 9.17) is 0 Å². The highest BCUT2D eigenvalue weighted by Gasteiger charge is 2.25. The van der Waals surface area contributed by atoms with Crippen LogP contribution in [0.4, 0.5) is 0 Å². The lowest BCUT2D eigenvalue weighted by atomic mass is 10.1. The number of carbonyl (C=O) groups excluding carboxylic acids is 1. The lowest BCUT2D eigenvalue weighted by Gasteiger charge is -2.22. The van der Waals surface area contributed by atoms with Crippen LogP contribution < -0.4 is 5.43 Å². The van der Waals surface area contributed by atoms with Crippen molar-refractivity contribution in [2.75, 3.05) is 0 Å². The summed E-state index contributed by atoms with van der Waals surface area (Å²) in [6.45, 7) is 2.20. The molecule has 4 aromatic carbocycles. The van der Waals surface area contributed by atoms with E-state index in [9.17, 15) is 13.2 Å². The molecular formula is C32H29N5O3S. The second-order valence-electron chi connectivity index (χ2n) is 9.42. The molecule has 41 heavy (non-hydrogen) atoms. The molecule has 0 radical (unpaired) electrons. The van der Waals surface area contributed by atoms with Crippen molar-refractivity contribution in [1.82, 2.24) is 19.3 Å². The average Bonchev–Trinajstić information content (AvgIpc) is 3.56. The second kappa shape index (κ2) is 12.5. The van der Waals surface area contributed by atoms with Crippen molar-refractivity contribution >= 4 is 21.6 Å². The van der Waals surface area contributed by atoms with Gasteiger partial charge >= 0.3 is 0 Å². The Hall–Kier alpha value is -4.86. The van der Waals surface area contributed by atoms with E-state index in [0.717, 1.165) is 22.4 Å². The number of nitrogens with one attached hydrogen (secondary N) is 1. The average molecular weight is 564 g/mol. The summed E-state index contributed by atoms with van der Waals surface area (Å²) in [6.07, 6.45) is 5.31.